The number of nitrogens with zero attached hydrogens (tertiary/aromatic N) is 1. The summed E-state index contributed by atoms with van der Waals surface area (Å²) in [6.45, 7) is 0.667. The molecule has 0 bridgehead atoms. The molecule has 3 N–H and O–H groups in total. The minimum Gasteiger partial charge on any atom is -0.479 e. The molecule has 1 saturated heterocycles. The summed E-state index contributed by atoms with van der Waals surface area (Å²) < 4.78 is 0. The topological polar surface area (TPSA) is 107 Å². The molecule has 0 spiro atoms. The number of carboxylic acids is 1. The number of aliphatic carboxylic acids is 1. The Hall–Kier alpha value is -1.63. The summed E-state index contributed by atoms with van der Waals surface area (Å²) in [7, 11) is 0. The summed E-state index contributed by atoms with van der Waals surface area (Å²) in [6, 6.07) is 0. The quantitative estimate of drug-likeness (QED) is 0.595. The van der Waals surface area contributed by atoms with Gasteiger partial charge in [0.2, 0.25) is 11.8 Å². The van der Waals surface area contributed by atoms with Crippen LogP contribution in [0.2, 0.25) is 0 Å². The first-order chi connectivity index (χ1) is 9.00. The molecular formula is C12H20N2O5. The monoisotopic (exact) mass is 272 g/mol. The second-order valence-electron chi connectivity index (χ2n) is 4.62. The van der Waals surface area contributed by atoms with Gasteiger partial charge in [-0.05, 0) is 12.8 Å². The Balaban J connectivity index is 2.26. The van der Waals surface area contributed by atoms with E-state index in [0.717, 1.165) is 19.3 Å². The van der Waals surface area contributed by atoms with Crippen LogP contribution < -0.4 is 5.32 Å². The Bertz CT molecular complexity index is 345. The van der Waals surface area contributed by atoms with Crippen molar-refractivity contribution in [3.8, 4) is 0 Å². The highest BCUT2D eigenvalue weighted by molar-refractivity contribution is 5.84. The summed E-state index contributed by atoms with van der Waals surface area (Å²) in [5.41, 5.74) is 0. The Morgan fingerprint density at radius 2 is 2.05 bits per heavy atom. The average molecular weight is 272 g/mol. The molecule has 0 aromatic carbocycles. The smallest absolute Gasteiger partial charge is 0.332 e. The van der Waals surface area contributed by atoms with Crippen LogP contribution in [0.15, 0.2) is 0 Å². The number of aliphatic hydroxyl groups is 1. The van der Waals surface area contributed by atoms with Crippen LogP contribution in [0.4, 0.5) is 0 Å². The van der Waals surface area contributed by atoms with Crippen molar-refractivity contribution in [2.24, 2.45) is 0 Å². The molecule has 7 heteroatoms. The number of aliphatic hydroxyl groups excluding tert-OH is 1. The van der Waals surface area contributed by atoms with E-state index in [0.29, 0.717) is 13.0 Å². The maximum atomic E-state index is 11.6. The highest BCUT2D eigenvalue weighted by Gasteiger charge is 2.19. The molecule has 1 unspecified atom stereocenters. The predicted octanol–water partition coefficient (Wildman–Crippen LogP) is -0.659. The SMILES string of the molecule is O=C(CN1CCCCCC1=O)NCCC(O)C(=O)O. The van der Waals surface area contributed by atoms with Gasteiger partial charge in [-0.25, -0.2) is 4.79 Å². The summed E-state index contributed by atoms with van der Waals surface area (Å²) in [4.78, 5) is 35.1. The maximum Gasteiger partial charge on any atom is 0.332 e. The van der Waals surface area contributed by atoms with Crippen LogP contribution in [0.25, 0.3) is 0 Å². The number of nitrogens with one attached hydrogen (secondary N) is 1. The molecule has 0 aromatic heterocycles. The molecule has 0 aromatic rings. The molecule has 1 heterocycles. The third-order valence-corrected chi connectivity index (χ3v) is 3.03. The molecule has 1 rings (SSSR count). The van der Waals surface area contributed by atoms with Gasteiger partial charge in [0.25, 0.3) is 0 Å². The minimum atomic E-state index is -1.47. The molecular weight excluding hydrogens is 252 g/mol. The van der Waals surface area contributed by atoms with Gasteiger partial charge in [0.05, 0.1) is 6.54 Å². The van der Waals surface area contributed by atoms with E-state index in [2.05, 4.69) is 5.32 Å². The van der Waals surface area contributed by atoms with Crippen LogP contribution in [-0.2, 0) is 14.4 Å². The minimum absolute atomic E-state index is 0.00198. The van der Waals surface area contributed by atoms with E-state index in [4.69, 9.17) is 10.2 Å². The second kappa shape index (κ2) is 7.73. The van der Waals surface area contributed by atoms with Crippen molar-refractivity contribution in [1.82, 2.24) is 10.2 Å². The van der Waals surface area contributed by atoms with E-state index in [1.165, 1.54) is 4.90 Å². The van der Waals surface area contributed by atoms with E-state index >= 15 is 0 Å². The fraction of sp³-hybridized carbons (Fsp3) is 0.750. The number of carbonyl (C=O) groups excluding carboxylic acids is 2. The molecule has 0 aliphatic carbocycles. The molecule has 19 heavy (non-hydrogen) atoms. The third-order valence-electron chi connectivity index (χ3n) is 3.03. The van der Waals surface area contributed by atoms with Gasteiger partial charge >= 0.3 is 5.97 Å². The van der Waals surface area contributed by atoms with E-state index in [9.17, 15) is 14.4 Å². The number of likely N-dealkylation sites (tertiary alicyclic amines) is 1. The number of hydrogen-bond acceptors (Lipinski definition) is 4. The van der Waals surface area contributed by atoms with Crippen LogP contribution in [0.5, 0.6) is 0 Å². The number of amides is 2. The number of carboxylic acid groups (broad SMARTS) is 1. The highest BCUT2D eigenvalue weighted by atomic mass is 16.4. The lowest BCUT2D eigenvalue weighted by Crippen LogP contribution is -2.41. The molecule has 0 saturated carbocycles. The number of rotatable bonds is 6. The summed E-state index contributed by atoms with van der Waals surface area (Å²) in [5.74, 6) is -1.65. The van der Waals surface area contributed by atoms with Gasteiger partial charge in [0.15, 0.2) is 6.10 Å². The first-order valence-electron chi connectivity index (χ1n) is 6.46. The van der Waals surface area contributed by atoms with Gasteiger partial charge in [0.1, 0.15) is 0 Å². The zero-order valence-corrected chi connectivity index (χ0v) is 10.8. The fourth-order valence-electron chi connectivity index (χ4n) is 1.91. The van der Waals surface area contributed by atoms with Crippen LogP contribution in [0.3, 0.4) is 0 Å². The Labute approximate surface area is 111 Å². The molecule has 1 fully saturated rings. The zero-order valence-electron chi connectivity index (χ0n) is 10.8. The molecule has 0 radical (unpaired) electrons. The van der Waals surface area contributed by atoms with E-state index < -0.39 is 12.1 Å². The Morgan fingerprint density at radius 3 is 2.74 bits per heavy atom. The van der Waals surface area contributed by atoms with Crippen molar-refractivity contribution in [2.75, 3.05) is 19.6 Å². The van der Waals surface area contributed by atoms with Gasteiger partial charge in [-0.2, -0.15) is 0 Å². The lowest BCUT2D eigenvalue weighted by molar-refractivity contribution is -0.147. The normalized spacial score (nSPS) is 17.7. The van der Waals surface area contributed by atoms with E-state index in [-0.39, 0.29) is 31.3 Å². The zero-order chi connectivity index (χ0) is 14.3. The van der Waals surface area contributed by atoms with Gasteiger partial charge in [-0.15, -0.1) is 0 Å². The second-order valence-corrected chi connectivity index (χ2v) is 4.62. The molecule has 7 nitrogen and oxygen atoms in total. The Morgan fingerprint density at radius 1 is 1.32 bits per heavy atom. The van der Waals surface area contributed by atoms with Crippen molar-refractivity contribution < 1.29 is 24.6 Å². The van der Waals surface area contributed by atoms with Crippen molar-refractivity contribution >= 4 is 17.8 Å². The van der Waals surface area contributed by atoms with Crippen LogP contribution in [0, 0.1) is 0 Å². The Kier molecular flexibility index (Phi) is 6.27. The van der Waals surface area contributed by atoms with Crippen molar-refractivity contribution in [2.45, 2.75) is 38.2 Å². The predicted molar refractivity (Wildman–Crippen MR) is 66.3 cm³/mol. The van der Waals surface area contributed by atoms with E-state index in [1.807, 2.05) is 0 Å². The van der Waals surface area contributed by atoms with Crippen molar-refractivity contribution in [3.05, 3.63) is 0 Å². The van der Waals surface area contributed by atoms with Crippen LogP contribution >= 0.6 is 0 Å². The largest absolute Gasteiger partial charge is 0.479 e. The molecule has 1 aliphatic rings. The van der Waals surface area contributed by atoms with Crippen molar-refractivity contribution in [1.29, 1.82) is 0 Å². The third kappa shape index (κ3) is 5.69. The molecule has 2 amide bonds. The summed E-state index contributed by atoms with van der Waals surface area (Å²) in [6.07, 6.45) is 1.72. The molecule has 108 valence electrons. The van der Waals surface area contributed by atoms with Gasteiger partial charge in [0, 0.05) is 25.9 Å². The first-order valence-corrected chi connectivity index (χ1v) is 6.46. The first kappa shape index (κ1) is 15.4. The van der Waals surface area contributed by atoms with Gasteiger partial charge < -0.3 is 20.4 Å². The fourth-order valence-corrected chi connectivity index (χ4v) is 1.91. The molecule has 1 aliphatic heterocycles. The highest BCUT2D eigenvalue weighted by Crippen LogP contribution is 2.10. The van der Waals surface area contributed by atoms with E-state index in [1.54, 1.807) is 0 Å². The number of carbonyl (C=O) groups is 3. The van der Waals surface area contributed by atoms with Crippen molar-refractivity contribution in [3.63, 3.8) is 0 Å². The lowest BCUT2D eigenvalue weighted by atomic mass is 10.2. The van der Waals surface area contributed by atoms with Gasteiger partial charge in [-0.3, -0.25) is 9.59 Å². The van der Waals surface area contributed by atoms with Crippen LogP contribution in [0.1, 0.15) is 32.1 Å². The summed E-state index contributed by atoms with van der Waals surface area (Å²) in [5, 5.41) is 20.0. The lowest BCUT2D eigenvalue weighted by Gasteiger charge is -2.19. The average Bonchev–Trinajstić information content (AvgIpc) is 2.54. The standard InChI is InChI=1S/C12H20N2O5/c15-9(12(18)19)5-6-13-10(16)8-14-7-3-1-2-4-11(14)17/h9,15H,1-8H2,(H,13,16)(H,18,19). The molecule has 1 atom stereocenters. The maximum absolute atomic E-state index is 11.6. The summed E-state index contributed by atoms with van der Waals surface area (Å²) >= 11 is 0. The van der Waals surface area contributed by atoms with Crippen LogP contribution in [-0.4, -0.2) is 58.6 Å². The number of hydrogen-bond donors (Lipinski definition) is 3. The van der Waals surface area contributed by atoms with Gasteiger partial charge in [-0.1, -0.05) is 6.42 Å².